The molecule has 1 amide bonds. The molecule has 10 heteroatoms. The Kier molecular flexibility index (Phi) is 4.88. The number of hydrogen-bond donors (Lipinski definition) is 1. The van der Waals surface area contributed by atoms with Crippen molar-refractivity contribution in [2.45, 2.75) is 19.8 Å². The number of sulfone groups is 1. The molecule has 0 spiro atoms. The van der Waals surface area contributed by atoms with Gasteiger partial charge in [-0.15, -0.1) is 5.10 Å². The van der Waals surface area contributed by atoms with E-state index in [0.29, 0.717) is 12.1 Å². The summed E-state index contributed by atoms with van der Waals surface area (Å²) in [5.41, 5.74) is 4.72. The molecule has 1 aliphatic heterocycles. The van der Waals surface area contributed by atoms with Crippen LogP contribution in [-0.4, -0.2) is 51.7 Å². The summed E-state index contributed by atoms with van der Waals surface area (Å²) in [6.45, 7) is 1.78. The summed E-state index contributed by atoms with van der Waals surface area (Å²) >= 11 is 0. The van der Waals surface area contributed by atoms with Crippen molar-refractivity contribution in [3.05, 3.63) is 36.2 Å². The lowest BCUT2D eigenvalue weighted by atomic mass is 10.1. The highest BCUT2D eigenvalue weighted by atomic mass is 32.2. The van der Waals surface area contributed by atoms with Crippen LogP contribution in [0.5, 0.6) is 0 Å². The van der Waals surface area contributed by atoms with E-state index in [4.69, 9.17) is 0 Å². The van der Waals surface area contributed by atoms with Gasteiger partial charge in [-0.2, -0.15) is 5.10 Å². The van der Waals surface area contributed by atoms with E-state index in [0.717, 1.165) is 11.3 Å². The maximum Gasteiger partial charge on any atom is 0.240 e. The van der Waals surface area contributed by atoms with Crippen molar-refractivity contribution in [3.8, 4) is 5.69 Å². The van der Waals surface area contributed by atoms with Gasteiger partial charge in [0.05, 0.1) is 22.9 Å². The summed E-state index contributed by atoms with van der Waals surface area (Å²) in [5.74, 6) is -0.157. The topological polar surface area (TPSA) is 119 Å². The van der Waals surface area contributed by atoms with E-state index in [1.807, 2.05) is 24.3 Å². The number of nitrogens with zero attached hydrogens (tertiary/aromatic N) is 5. The largest absolute Gasteiger partial charge is 0.273 e. The average molecular weight is 362 g/mol. The van der Waals surface area contributed by atoms with Crippen molar-refractivity contribution in [1.29, 1.82) is 0 Å². The number of hydrazone groups is 1. The number of benzene rings is 1. The van der Waals surface area contributed by atoms with Gasteiger partial charge in [0.2, 0.25) is 5.91 Å². The highest BCUT2D eigenvalue weighted by Crippen LogP contribution is 2.21. The fourth-order valence-corrected chi connectivity index (χ4v) is 4.57. The van der Waals surface area contributed by atoms with Gasteiger partial charge in [-0.3, -0.25) is 4.79 Å². The molecule has 2 aromatic rings. The van der Waals surface area contributed by atoms with Crippen LogP contribution in [0, 0.1) is 5.92 Å². The number of rotatable bonds is 5. The molecule has 9 nitrogen and oxygen atoms in total. The summed E-state index contributed by atoms with van der Waals surface area (Å²) in [6, 6.07) is 7.41. The van der Waals surface area contributed by atoms with Crippen LogP contribution in [0.1, 0.15) is 25.3 Å². The Morgan fingerprint density at radius 3 is 2.96 bits per heavy atom. The van der Waals surface area contributed by atoms with Crippen LogP contribution >= 0.6 is 0 Å². The van der Waals surface area contributed by atoms with Crippen LogP contribution in [-0.2, 0) is 14.6 Å². The number of carbonyl (C=O) groups is 1. The molecule has 132 valence electrons. The molecule has 0 unspecified atom stereocenters. The summed E-state index contributed by atoms with van der Waals surface area (Å²) < 4.78 is 24.4. The SMILES string of the molecule is C/C(=N/NC(=O)C[C@@H]1CCS(=O)(=O)C1)c1cccc(-n2cnnn2)c1. The fraction of sp³-hybridized carbons (Fsp3) is 0.400. The zero-order chi connectivity index (χ0) is 17.9. The number of aromatic nitrogens is 4. The molecule has 0 saturated carbocycles. The molecule has 0 radical (unpaired) electrons. The van der Waals surface area contributed by atoms with Gasteiger partial charge in [0, 0.05) is 6.42 Å². The molecule has 25 heavy (non-hydrogen) atoms. The third-order valence-corrected chi connectivity index (χ3v) is 5.86. The molecular weight excluding hydrogens is 344 g/mol. The molecule has 3 rings (SSSR count). The number of nitrogens with one attached hydrogen (secondary N) is 1. The number of amides is 1. The van der Waals surface area contributed by atoms with Crippen LogP contribution < -0.4 is 5.43 Å². The van der Waals surface area contributed by atoms with E-state index in [1.54, 1.807) is 6.92 Å². The van der Waals surface area contributed by atoms with Crippen molar-refractivity contribution in [3.63, 3.8) is 0 Å². The van der Waals surface area contributed by atoms with E-state index < -0.39 is 9.84 Å². The van der Waals surface area contributed by atoms with Crippen molar-refractivity contribution in [2.75, 3.05) is 11.5 Å². The fourth-order valence-electron chi connectivity index (χ4n) is 2.70. The van der Waals surface area contributed by atoms with Crippen LogP contribution in [0.4, 0.5) is 0 Å². The normalized spacial score (nSPS) is 19.7. The minimum Gasteiger partial charge on any atom is -0.273 e. The first kappa shape index (κ1) is 17.2. The lowest BCUT2D eigenvalue weighted by molar-refractivity contribution is -0.121. The summed E-state index contributed by atoms with van der Waals surface area (Å²) in [7, 11) is -2.98. The summed E-state index contributed by atoms with van der Waals surface area (Å²) in [6.07, 6.45) is 2.19. The molecular formula is C15H18N6O3S. The highest BCUT2D eigenvalue weighted by molar-refractivity contribution is 7.91. The quantitative estimate of drug-likeness (QED) is 0.604. The van der Waals surface area contributed by atoms with Gasteiger partial charge in [0.15, 0.2) is 9.84 Å². The van der Waals surface area contributed by atoms with Gasteiger partial charge in [-0.1, -0.05) is 12.1 Å². The van der Waals surface area contributed by atoms with Crippen LogP contribution in [0.3, 0.4) is 0 Å². The summed E-state index contributed by atoms with van der Waals surface area (Å²) in [5, 5.41) is 15.1. The Morgan fingerprint density at radius 2 is 2.28 bits per heavy atom. The van der Waals surface area contributed by atoms with Crippen LogP contribution in [0.2, 0.25) is 0 Å². The Balaban J connectivity index is 1.62. The van der Waals surface area contributed by atoms with E-state index in [-0.39, 0.29) is 29.8 Å². The minimum atomic E-state index is -2.98. The highest BCUT2D eigenvalue weighted by Gasteiger charge is 2.29. The van der Waals surface area contributed by atoms with E-state index in [9.17, 15) is 13.2 Å². The molecule has 1 aromatic carbocycles. The smallest absolute Gasteiger partial charge is 0.240 e. The minimum absolute atomic E-state index is 0.0805. The van der Waals surface area contributed by atoms with Crippen LogP contribution in [0.15, 0.2) is 35.7 Å². The monoisotopic (exact) mass is 362 g/mol. The molecule has 0 bridgehead atoms. The van der Waals surface area contributed by atoms with Crippen molar-refractivity contribution >= 4 is 21.5 Å². The standard InChI is InChI=1S/C15H18N6O3S/c1-11(13-3-2-4-14(8-13)21-10-16-19-20-21)17-18-15(22)7-12-5-6-25(23,24)9-12/h2-4,8,10,12H,5-7,9H2,1H3,(H,18,22)/b17-11-/t12-/m0/s1. The van der Waals surface area contributed by atoms with Gasteiger partial charge >= 0.3 is 0 Å². The molecule has 1 fully saturated rings. The Bertz CT molecular complexity index is 892. The van der Waals surface area contributed by atoms with Crippen molar-refractivity contribution in [1.82, 2.24) is 25.6 Å². The lowest BCUT2D eigenvalue weighted by Crippen LogP contribution is -2.22. The second-order valence-electron chi connectivity index (χ2n) is 6.01. The van der Waals surface area contributed by atoms with Crippen LogP contribution in [0.25, 0.3) is 5.69 Å². The number of tetrazole rings is 1. The number of carbonyl (C=O) groups excluding carboxylic acids is 1. The predicted molar refractivity (Wildman–Crippen MR) is 90.9 cm³/mol. The van der Waals surface area contributed by atoms with E-state index >= 15 is 0 Å². The van der Waals surface area contributed by atoms with E-state index in [2.05, 4.69) is 26.1 Å². The van der Waals surface area contributed by atoms with Crippen molar-refractivity contribution in [2.24, 2.45) is 11.0 Å². The molecule has 2 heterocycles. The Morgan fingerprint density at radius 1 is 1.44 bits per heavy atom. The zero-order valence-corrected chi connectivity index (χ0v) is 14.5. The zero-order valence-electron chi connectivity index (χ0n) is 13.7. The van der Waals surface area contributed by atoms with E-state index in [1.165, 1.54) is 11.0 Å². The maximum absolute atomic E-state index is 12.0. The molecule has 1 saturated heterocycles. The first-order chi connectivity index (χ1) is 11.9. The average Bonchev–Trinajstić information content (AvgIpc) is 3.22. The molecule has 1 atom stereocenters. The van der Waals surface area contributed by atoms with Gasteiger partial charge in [-0.05, 0) is 47.4 Å². The molecule has 1 aliphatic rings. The maximum atomic E-state index is 12.0. The van der Waals surface area contributed by atoms with Gasteiger partial charge < -0.3 is 0 Å². The lowest BCUT2D eigenvalue weighted by Gasteiger charge is -2.07. The van der Waals surface area contributed by atoms with Gasteiger partial charge in [0.25, 0.3) is 0 Å². The van der Waals surface area contributed by atoms with Gasteiger partial charge in [-0.25, -0.2) is 18.5 Å². The first-order valence-electron chi connectivity index (χ1n) is 7.80. The Hall–Kier alpha value is -2.62. The van der Waals surface area contributed by atoms with Gasteiger partial charge in [0.1, 0.15) is 6.33 Å². The second kappa shape index (κ2) is 7.09. The predicted octanol–water partition coefficient (Wildman–Crippen LogP) is 0.327. The Labute approximate surface area is 145 Å². The number of hydrogen-bond acceptors (Lipinski definition) is 7. The third kappa shape index (κ3) is 4.47. The second-order valence-corrected chi connectivity index (χ2v) is 8.24. The summed E-state index contributed by atoms with van der Waals surface area (Å²) in [4.78, 5) is 12.0. The first-order valence-corrected chi connectivity index (χ1v) is 9.62. The molecule has 1 aromatic heterocycles. The molecule has 1 N–H and O–H groups in total. The van der Waals surface area contributed by atoms with Crippen molar-refractivity contribution < 1.29 is 13.2 Å². The molecule has 0 aliphatic carbocycles. The third-order valence-electron chi connectivity index (χ3n) is 4.03.